The minimum absolute atomic E-state index is 0.0951. The highest BCUT2D eigenvalue weighted by atomic mass is 32.2. The zero-order chi connectivity index (χ0) is 18.4. The van der Waals surface area contributed by atoms with Gasteiger partial charge in [-0.25, -0.2) is 21.9 Å². The molecule has 6 nitrogen and oxygen atoms in total. The van der Waals surface area contributed by atoms with Crippen molar-refractivity contribution in [1.29, 1.82) is 0 Å². The van der Waals surface area contributed by atoms with Crippen molar-refractivity contribution in [2.45, 2.75) is 4.90 Å². The van der Waals surface area contributed by atoms with Crippen molar-refractivity contribution in [2.75, 3.05) is 27.4 Å². The number of hydrogen-bond acceptors (Lipinski definition) is 5. The van der Waals surface area contributed by atoms with Gasteiger partial charge >= 0.3 is 0 Å². The predicted octanol–water partition coefficient (Wildman–Crippen LogP) is 2.34. The Kier molecular flexibility index (Phi) is 6.16. The summed E-state index contributed by atoms with van der Waals surface area (Å²) in [6, 6.07) is 7.21. The summed E-state index contributed by atoms with van der Waals surface area (Å²) < 4.78 is 68.5. The summed E-state index contributed by atoms with van der Waals surface area (Å²) in [5.74, 6) is -1.25. The van der Waals surface area contributed by atoms with Gasteiger partial charge in [0, 0.05) is 18.7 Å². The van der Waals surface area contributed by atoms with Crippen LogP contribution in [0.5, 0.6) is 17.2 Å². The van der Waals surface area contributed by atoms with E-state index >= 15 is 0 Å². The maximum atomic E-state index is 13.4. The molecule has 0 aliphatic carbocycles. The number of ether oxygens (including phenoxy) is 3. The van der Waals surface area contributed by atoms with Gasteiger partial charge in [-0.15, -0.1) is 0 Å². The normalized spacial score (nSPS) is 11.2. The highest BCUT2D eigenvalue weighted by Gasteiger charge is 2.20. The Balaban J connectivity index is 2.02. The molecule has 0 amide bonds. The molecule has 0 aromatic heterocycles. The topological polar surface area (TPSA) is 73.9 Å². The van der Waals surface area contributed by atoms with E-state index in [0.29, 0.717) is 11.8 Å². The van der Waals surface area contributed by atoms with Crippen molar-refractivity contribution in [3.63, 3.8) is 0 Å². The van der Waals surface area contributed by atoms with Crippen molar-refractivity contribution in [1.82, 2.24) is 4.72 Å². The Morgan fingerprint density at radius 3 is 2.36 bits per heavy atom. The fraction of sp³-hybridized carbons (Fsp3) is 0.250. The van der Waals surface area contributed by atoms with Crippen LogP contribution < -0.4 is 18.9 Å². The molecule has 0 fully saturated rings. The molecule has 0 aliphatic rings. The maximum Gasteiger partial charge on any atom is 0.244 e. The summed E-state index contributed by atoms with van der Waals surface area (Å²) in [4.78, 5) is -0.0951. The van der Waals surface area contributed by atoms with Gasteiger partial charge in [0.25, 0.3) is 0 Å². The molecule has 0 heterocycles. The van der Waals surface area contributed by atoms with Gasteiger partial charge in [-0.2, -0.15) is 0 Å². The zero-order valence-electron chi connectivity index (χ0n) is 13.6. The lowest BCUT2D eigenvalue weighted by Crippen LogP contribution is -2.28. The summed E-state index contributed by atoms with van der Waals surface area (Å²) in [5, 5.41) is 0. The van der Waals surface area contributed by atoms with E-state index < -0.39 is 21.7 Å². The first-order chi connectivity index (χ1) is 11.9. The highest BCUT2D eigenvalue weighted by molar-refractivity contribution is 7.89. The Morgan fingerprint density at radius 1 is 1.00 bits per heavy atom. The quantitative estimate of drug-likeness (QED) is 0.719. The molecule has 0 spiro atoms. The summed E-state index contributed by atoms with van der Waals surface area (Å²) >= 11 is 0. The van der Waals surface area contributed by atoms with Gasteiger partial charge in [0.05, 0.1) is 14.2 Å². The Hall–Kier alpha value is -2.39. The van der Waals surface area contributed by atoms with Crippen LogP contribution in [0.4, 0.5) is 8.78 Å². The summed E-state index contributed by atoms with van der Waals surface area (Å²) in [7, 11) is -1.13. The van der Waals surface area contributed by atoms with Crippen LogP contribution in [-0.2, 0) is 10.0 Å². The first-order valence-corrected chi connectivity index (χ1v) is 8.65. The largest absolute Gasteiger partial charge is 0.497 e. The molecule has 2 rings (SSSR count). The molecule has 0 saturated heterocycles. The van der Waals surface area contributed by atoms with Gasteiger partial charge in [0.2, 0.25) is 10.0 Å². The number of sulfonamides is 1. The van der Waals surface area contributed by atoms with Crippen LogP contribution in [-0.4, -0.2) is 35.8 Å². The molecular formula is C16H17F2NO5S. The smallest absolute Gasteiger partial charge is 0.244 e. The van der Waals surface area contributed by atoms with Gasteiger partial charge in [-0.1, -0.05) is 0 Å². The number of benzene rings is 2. The van der Waals surface area contributed by atoms with E-state index in [1.165, 1.54) is 26.4 Å². The van der Waals surface area contributed by atoms with Crippen LogP contribution >= 0.6 is 0 Å². The first kappa shape index (κ1) is 18.9. The molecule has 0 radical (unpaired) electrons. The van der Waals surface area contributed by atoms with Crippen molar-refractivity contribution in [3.05, 3.63) is 48.0 Å². The number of rotatable bonds is 8. The van der Waals surface area contributed by atoms with Crippen LogP contribution in [0.2, 0.25) is 0 Å². The third-order valence-electron chi connectivity index (χ3n) is 3.21. The second-order valence-electron chi connectivity index (χ2n) is 4.84. The van der Waals surface area contributed by atoms with E-state index in [4.69, 9.17) is 14.2 Å². The molecule has 25 heavy (non-hydrogen) atoms. The van der Waals surface area contributed by atoms with Gasteiger partial charge < -0.3 is 14.2 Å². The second kappa shape index (κ2) is 8.13. The third kappa shape index (κ3) is 4.80. The summed E-state index contributed by atoms with van der Waals surface area (Å²) in [6.45, 7) is -0.270. The predicted molar refractivity (Wildman–Crippen MR) is 86.6 cm³/mol. The van der Waals surface area contributed by atoms with Gasteiger partial charge in [-0.05, 0) is 24.3 Å². The van der Waals surface area contributed by atoms with Crippen LogP contribution in [0.25, 0.3) is 0 Å². The molecule has 2 aromatic rings. The van der Waals surface area contributed by atoms with Crippen molar-refractivity contribution in [3.8, 4) is 17.2 Å². The lowest BCUT2D eigenvalue weighted by atomic mass is 10.3. The molecule has 0 aliphatic heterocycles. The van der Waals surface area contributed by atoms with Gasteiger partial charge in [0.1, 0.15) is 28.8 Å². The molecular weight excluding hydrogens is 356 g/mol. The Morgan fingerprint density at radius 2 is 1.72 bits per heavy atom. The van der Waals surface area contributed by atoms with Crippen LogP contribution in [0.1, 0.15) is 0 Å². The fourth-order valence-corrected chi connectivity index (χ4v) is 3.20. The van der Waals surface area contributed by atoms with Gasteiger partial charge in [0.15, 0.2) is 11.6 Å². The monoisotopic (exact) mass is 373 g/mol. The molecule has 0 saturated carbocycles. The third-order valence-corrected chi connectivity index (χ3v) is 4.69. The fourth-order valence-electron chi connectivity index (χ4n) is 2.00. The zero-order valence-corrected chi connectivity index (χ0v) is 14.4. The van der Waals surface area contributed by atoms with Crippen LogP contribution in [0, 0.1) is 11.6 Å². The number of halogens is 2. The first-order valence-electron chi connectivity index (χ1n) is 7.17. The average molecular weight is 373 g/mol. The summed E-state index contributed by atoms with van der Waals surface area (Å²) in [5.41, 5.74) is 0. The molecule has 0 unspecified atom stereocenters. The summed E-state index contributed by atoms with van der Waals surface area (Å²) in [6.07, 6.45) is 0. The minimum atomic E-state index is -3.90. The van der Waals surface area contributed by atoms with Gasteiger partial charge in [-0.3, -0.25) is 0 Å². The lowest BCUT2D eigenvalue weighted by Gasteiger charge is -2.12. The highest BCUT2D eigenvalue weighted by Crippen LogP contribution is 2.27. The van der Waals surface area contributed by atoms with E-state index in [2.05, 4.69) is 4.72 Å². The molecule has 9 heteroatoms. The number of methoxy groups -OCH3 is 2. The molecule has 2 aromatic carbocycles. The van der Waals surface area contributed by atoms with Crippen molar-refractivity contribution >= 4 is 10.0 Å². The van der Waals surface area contributed by atoms with E-state index in [1.54, 1.807) is 6.07 Å². The van der Waals surface area contributed by atoms with E-state index in [0.717, 1.165) is 12.1 Å². The number of nitrogens with one attached hydrogen (secondary N) is 1. The second-order valence-corrected chi connectivity index (χ2v) is 6.57. The van der Waals surface area contributed by atoms with E-state index in [1.807, 2.05) is 0 Å². The maximum absolute atomic E-state index is 13.4. The van der Waals surface area contributed by atoms with E-state index in [9.17, 15) is 17.2 Å². The number of hydrogen-bond donors (Lipinski definition) is 1. The molecule has 0 atom stereocenters. The van der Waals surface area contributed by atoms with Crippen molar-refractivity contribution in [2.24, 2.45) is 0 Å². The molecule has 1 N–H and O–H groups in total. The van der Waals surface area contributed by atoms with Crippen molar-refractivity contribution < 1.29 is 31.4 Å². The van der Waals surface area contributed by atoms with Crippen LogP contribution in [0.3, 0.4) is 0 Å². The Labute approximate surface area is 144 Å². The minimum Gasteiger partial charge on any atom is -0.497 e. The van der Waals surface area contributed by atoms with E-state index in [-0.39, 0.29) is 29.5 Å². The lowest BCUT2D eigenvalue weighted by molar-refractivity contribution is 0.305. The SMILES string of the molecule is COc1ccc(OC)c(S(=O)(=O)NCCOc2ccc(F)cc2F)c1. The standard InChI is InChI=1S/C16H17F2NO5S/c1-22-12-4-6-15(23-2)16(10-12)25(20,21)19-7-8-24-14-5-3-11(17)9-13(14)18/h3-6,9-10,19H,7-8H2,1-2H3. The van der Waals surface area contributed by atoms with Crippen LogP contribution in [0.15, 0.2) is 41.3 Å². The molecule has 136 valence electrons. The molecule has 0 bridgehead atoms. The Bertz CT molecular complexity index is 842. The average Bonchev–Trinajstić information content (AvgIpc) is 2.59.